The van der Waals surface area contributed by atoms with Crippen LogP contribution in [0.15, 0.2) is 69.8 Å². The van der Waals surface area contributed by atoms with Gasteiger partial charge in [0.2, 0.25) is 4.34 Å². The van der Waals surface area contributed by atoms with Gasteiger partial charge in [0.15, 0.2) is 0 Å². The standard InChI is InChI=1S/C30H30N4O6S2/c1-3-40-23-14-15-25-27(18-23)41-30(31-25)42(37,38)32-28(35)19-9-16-26-24(17-19)29(36)34(21-10-12-22(39-2)13-11-21)33(26)20-7-5-4-6-8-20/h9-18,20H,3-8H2,1-2H3,(H,32,35). The zero-order valence-electron chi connectivity index (χ0n) is 23.2. The van der Waals surface area contributed by atoms with E-state index in [9.17, 15) is 18.0 Å². The van der Waals surface area contributed by atoms with Gasteiger partial charge in [-0.1, -0.05) is 19.3 Å². The van der Waals surface area contributed by atoms with E-state index in [-0.39, 0.29) is 21.5 Å². The molecule has 0 saturated heterocycles. The van der Waals surface area contributed by atoms with Gasteiger partial charge in [0.1, 0.15) is 11.5 Å². The third-order valence-corrected chi connectivity index (χ3v) is 10.2. The van der Waals surface area contributed by atoms with Crippen LogP contribution in [0.5, 0.6) is 11.5 Å². The number of aromatic nitrogens is 3. The van der Waals surface area contributed by atoms with Crippen molar-refractivity contribution in [1.29, 1.82) is 0 Å². The minimum Gasteiger partial charge on any atom is -0.497 e. The quantitative estimate of drug-likeness (QED) is 0.250. The number of carbonyl (C=O) groups excluding carboxylic acids is 1. The molecule has 0 bridgehead atoms. The number of rotatable bonds is 8. The lowest BCUT2D eigenvalue weighted by Gasteiger charge is -2.26. The number of thiazole rings is 1. The normalized spacial score (nSPS) is 14.3. The summed E-state index contributed by atoms with van der Waals surface area (Å²) < 4.78 is 43.2. The van der Waals surface area contributed by atoms with Crippen molar-refractivity contribution in [3.63, 3.8) is 0 Å². The lowest BCUT2D eigenvalue weighted by Crippen LogP contribution is -2.30. The molecular formula is C30H30N4O6S2. The number of nitrogens with one attached hydrogen (secondary N) is 1. The molecule has 3 aromatic carbocycles. The molecule has 42 heavy (non-hydrogen) atoms. The Balaban J connectivity index is 1.36. The number of nitrogens with zero attached hydrogens (tertiary/aromatic N) is 3. The smallest absolute Gasteiger partial charge is 0.291 e. The topological polar surface area (TPSA) is 122 Å². The van der Waals surface area contributed by atoms with E-state index >= 15 is 0 Å². The molecule has 5 aromatic rings. The van der Waals surface area contributed by atoms with Crippen LogP contribution in [0, 0.1) is 0 Å². The van der Waals surface area contributed by atoms with Crippen LogP contribution in [0.3, 0.4) is 0 Å². The molecule has 1 fully saturated rings. The summed E-state index contributed by atoms with van der Waals surface area (Å²) in [6, 6.07) is 17.2. The molecule has 12 heteroatoms. The van der Waals surface area contributed by atoms with Gasteiger partial charge in [-0.25, -0.2) is 14.4 Å². The number of carbonyl (C=O) groups is 1. The second-order valence-corrected chi connectivity index (χ2v) is 13.0. The molecule has 10 nitrogen and oxygen atoms in total. The lowest BCUT2D eigenvalue weighted by molar-refractivity contribution is 0.0981. The van der Waals surface area contributed by atoms with Crippen molar-refractivity contribution < 1.29 is 22.7 Å². The van der Waals surface area contributed by atoms with Crippen LogP contribution in [-0.4, -0.2) is 42.4 Å². The van der Waals surface area contributed by atoms with Crippen LogP contribution >= 0.6 is 11.3 Å². The zero-order chi connectivity index (χ0) is 29.4. The highest BCUT2D eigenvalue weighted by Crippen LogP contribution is 2.33. The maximum Gasteiger partial charge on any atom is 0.291 e. The number of ether oxygens (including phenoxy) is 2. The largest absolute Gasteiger partial charge is 0.497 e. The first-order valence-corrected chi connectivity index (χ1v) is 16.1. The Bertz CT molecular complexity index is 1950. The first kappa shape index (κ1) is 28.0. The molecule has 218 valence electrons. The second kappa shape index (κ2) is 11.3. The van der Waals surface area contributed by atoms with E-state index in [0.29, 0.717) is 44.9 Å². The Morgan fingerprint density at radius 3 is 2.48 bits per heavy atom. The minimum atomic E-state index is -4.26. The highest BCUT2D eigenvalue weighted by atomic mass is 32.2. The van der Waals surface area contributed by atoms with E-state index in [1.54, 1.807) is 54.3 Å². The first-order valence-electron chi connectivity index (χ1n) is 13.8. The highest BCUT2D eigenvalue weighted by molar-refractivity contribution is 7.92. The van der Waals surface area contributed by atoms with E-state index in [2.05, 4.69) is 9.71 Å². The van der Waals surface area contributed by atoms with Crippen LogP contribution in [0.2, 0.25) is 0 Å². The van der Waals surface area contributed by atoms with Crippen molar-refractivity contribution in [1.82, 2.24) is 19.1 Å². The van der Waals surface area contributed by atoms with Crippen LogP contribution in [0.4, 0.5) is 0 Å². The Labute approximate surface area is 246 Å². The third kappa shape index (κ3) is 5.16. The summed E-state index contributed by atoms with van der Waals surface area (Å²) in [5.74, 6) is 0.442. The molecule has 0 radical (unpaired) electrons. The molecule has 6 rings (SSSR count). The average molecular weight is 607 g/mol. The fourth-order valence-corrected chi connectivity index (χ4v) is 7.72. The highest BCUT2D eigenvalue weighted by Gasteiger charge is 2.26. The van der Waals surface area contributed by atoms with E-state index < -0.39 is 15.9 Å². The van der Waals surface area contributed by atoms with Crippen molar-refractivity contribution in [2.45, 2.75) is 49.4 Å². The van der Waals surface area contributed by atoms with Gasteiger partial charge in [0, 0.05) is 5.56 Å². The van der Waals surface area contributed by atoms with E-state index in [1.807, 2.05) is 23.7 Å². The van der Waals surface area contributed by atoms with Crippen LogP contribution in [0.1, 0.15) is 55.4 Å². The maximum absolute atomic E-state index is 13.8. The molecule has 0 spiro atoms. The molecule has 0 atom stereocenters. The molecule has 1 N–H and O–H groups in total. The summed E-state index contributed by atoms with van der Waals surface area (Å²) in [7, 11) is -2.68. The summed E-state index contributed by atoms with van der Waals surface area (Å²) in [5, 5.41) is 0.338. The zero-order valence-corrected chi connectivity index (χ0v) is 24.8. The summed E-state index contributed by atoms with van der Waals surface area (Å²) in [6.07, 6.45) is 5.17. The first-order chi connectivity index (χ1) is 20.3. The Morgan fingerprint density at radius 2 is 1.76 bits per heavy atom. The monoisotopic (exact) mass is 606 g/mol. The number of benzene rings is 3. The van der Waals surface area contributed by atoms with E-state index in [1.165, 1.54) is 6.07 Å². The van der Waals surface area contributed by atoms with E-state index in [0.717, 1.165) is 43.4 Å². The fraction of sp³-hybridized carbons (Fsp3) is 0.300. The van der Waals surface area contributed by atoms with Gasteiger partial charge in [0.05, 0.1) is 46.6 Å². The number of methoxy groups -OCH3 is 1. The van der Waals surface area contributed by atoms with Crippen LogP contribution in [-0.2, 0) is 10.0 Å². The van der Waals surface area contributed by atoms with Gasteiger partial charge in [-0.15, -0.1) is 11.3 Å². The van der Waals surface area contributed by atoms with Gasteiger partial charge in [-0.2, -0.15) is 8.42 Å². The SMILES string of the molecule is CCOc1ccc2nc(S(=O)(=O)NC(=O)c3ccc4c(c3)c(=O)n(-c3ccc(OC)cc3)n4C3CCCCC3)sc2c1. The van der Waals surface area contributed by atoms with Crippen LogP contribution < -0.4 is 19.8 Å². The summed E-state index contributed by atoms with van der Waals surface area (Å²) in [5.41, 5.74) is 1.64. The number of hydrogen-bond donors (Lipinski definition) is 1. The van der Waals surface area contributed by atoms with Gasteiger partial charge in [-0.05, 0) is 80.4 Å². The molecule has 1 amide bonds. The lowest BCUT2D eigenvalue weighted by atomic mass is 9.95. The molecule has 0 unspecified atom stereocenters. The molecule has 0 aliphatic heterocycles. The molecular weight excluding hydrogens is 576 g/mol. The molecule has 1 aliphatic rings. The fourth-order valence-electron chi connectivity index (χ4n) is 5.50. The Morgan fingerprint density at radius 1 is 1.02 bits per heavy atom. The van der Waals surface area contributed by atoms with Crippen molar-refractivity contribution in [2.24, 2.45) is 0 Å². The number of fused-ring (bicyclic) bond motifs is 2. The van der Waals surface area contributed by atoms with Crippen molar-refractivity contribution in [3.8, 4) is 17.2 Å². The minimum absolute atomic E-state index is 0.0607. The van der Waals surface area contributed by atoms with Crippen molar-refractivity contribution in [3.05, 3.63) is 76.6 Å². The van der Waals surface area contributed by atoms with Gasteiger partial charge >= 0.3 is 0 Å². The third-order valence-electron chi connectivity index (χ3n) is 7.49. The Hall–Kier alpha value is -4.16. The summed E-state index contributed by atoms with van der Waals surface area (Å²) >= 11 is 0.948. The predicted molar refractivity (Wildman–Crippen MR) is 162 cm³/mol. The molecule has 1 aliphatic carbocycles. The van der Waals surface area contributed by atoms with Crippen molar-refractivity contribution in [2.75, 3.05) is 13.7 Å². The summed E-state index contributed by atoms with van der Waals surface area (Å²) in [4.78, 5) is 31.3. The average Bonchev–Trinajstić information content (AvgIpc) is 3.56. The van der Waals surface area contributed by atoms with Gasteiger partial charge < -0.3 is 9.47 Å². The predicted octanol–water partition coefficient (Wildman–Crippen LogP) is 5.43. The Kier molecular flexibility index (Phi) is 7.50. The van der Waals surface area contributed by atoms with E-state index in [4.69, 9.17) is 9.47 Å². The van der Waals surface area contributed by atoms with Crippen LogP contribution in [0.25, 0.3) is 26.8 Å². The summed E-state index contributed by atoms with van der Waals surface area (Å²) in [6.45, 7) is 2.34. The maximum atomic E-state index is 13.8. The molecule has 1 saturated carbocycles. The molecule has 2 heterocycles. The number of amides is 1. The van der Waals surface area contributed by atoms with Gasteiger partial charge in [-0.3, -0.25) is 14.3 Å². The molecule has 2 aromatic heterocycles. The number of sulfonamides is 1. The second-order valence-electron chi connectivity index (χ2n) is 10.2. The van der Waals surface area contributed by atoms with Gasteiger partial charge in [0.25, 0.3) is 21.5 Å². The number of hydrogen-bond acceptors (Lipinski definition) is 8. The van der Waals surface area contributed by atoms with Crippen molar-refractivity contribution >= 4 is 48.4 Å².